The molecule has 1 aliphatic heterocycles. The first kappa shape index (κ1) is 15.5. The van der Waals surface area contributed by atoms with E-state index in [0.717, 1.165) is 35.4 Å². The number of nitrogens with zero attached hydrogens (tertiary/aromatic N) is 3. The van der Waals surface area contributed by atoms with E-state index in [9.17, 15) is 0 Å². The van der Waals surface area contributed by atoms with Crippen LogP contribution in [0, 0.1) is 0 Å². The van der Waals surface area contributed by atoms with Crippen LogP contribution in [0.3, 0.4) is 0 Å². The molecule has 1 saturated heterocycles. The summed E-state index contributed by atoms with van der Waals surface area (Å²) in [5.41, 5.74) is 1.03. The van der Waals surface area contributed by atoms with Crippen LogP contribution >= 0.6 is 11.8 Å². The van der Waals surface area contributed by atoms with Crippen LogP contribution in [0.2, 0.25) is 0 Å². The topological polar surface area (TPSA) is 53.1 Å². The second-order valence-corrected chi connectivity index (χ2v) is 6.74. The van der Waals surface area contributed by atoms with Crippen LogP contribution in [0.15, 0.2) is 58.3 Å². The lowest BCUT2D eigenvalue weighted by Gasteiger charge is -2.21. The fraction of sp³-hybridized carbons (Fsp3) is 0.333. The van der Waals surface area contributed by atoms with Crippen molar-refractivity contribution < 1.29 is 9.15 Å². The Morgan fingerprint density at radius 3 is 2.75 bits per heavy atom. The Kier molecular flexibility index (Phi) is 4.66. The van der Waals surface area contributed by atoms with Gasteiger partial charge in [0.05, 0.1) is 12.4 Å². The molecule has 1 fully saturated rings. The maximum Gasteiger partial charge on any atom is 0.205 e. The highest BCUT2D eigenvalue weighted by Crippen LogP contribution is 2.29. The Morgan fingerprint density at radius 2 is 2.00 bits per heavy atom. The molecule has 0 unspecified atom stereocenters. The van der Waals surface area contributed by atoms with Crippen LogP contribution in [-0.4, -0.2) is 33.2 Å². The third-order valence-electron chi connectivity index (χ3n) is 4.06. The molecule has 0 saturated carbocycles. The number of rotatable bonds is 5. The molecule has 5 nitrogen and oxygen atoms in total. The van der Waals surface area contributed by atoms with Gasteiger partial charge in [0.2, 0.25) is 5.82 Å². The summed E-state index contributed by atoms with van der Waals surface area (Å²) in [6.07, 6.45) is 5.49. The first-order valence-corrected chi connectivity index (χ1v) is 9.19. The van der Waals surface area contributed by atoms with E-state index in [0.29, 0.717) is 11.9 Å². The first-order chi connectivity index (χ1) is 11.9. The zero-order valence-corrected chi connectivity index (χ0v) is 14.1. The molecule has 0 spiro atoms. The quantitative estimate of drug-likeness (QED) is 0.651. The third-order valence-corrected chi connectivity index (χ3v) is 5.12. The molecule has 0 aliphatic carbocycles. The highest BCUT2D eigenvalue weighted by atomic mass is 32.2. The number of hydrogen-bond acceptors (Lipinski definition) is 5. The van der Waals surface area contributed by atoms with Crippen molar-refractivity contribution in [2.75, 3.05) is 12.4 Å². The van der Waals surface area contributed by atoms with Crippen LogP contribution in [-0.2, 0) is 4.74 Å². The standard InChI is InChI=1S/C18H19N3O2S/c1-2-7-14(8-3-1)21-17(16-10-6-12-23-16)19-20-18(21)24-13-15-9-4-5-11-22-15/h1-3,6-8,10,12,15H,4-5,9,11,13H2/t15-/m1/s1. The average molecular weight is 341 g/mol. The lowest BCUT2D eigenvalue weighted by atomic mass is 10.1. The number of furan rings is 1. The van der Waals surface area contributed by atoms with Crippen LogP contribution in [0.1, 0.15) is 19.3 Å². The second kappa shape index (κ2) is 7.23. The minimum atomic E-state index is 0.303. The molecule has 6 heteroatoms. The van der Waals surface area contributed by atoms with E-state index in [1.54, 1.807) is 18.0 Å². The summed E-state index contributed by atoms with van der Waals surface area (Å²) in [7, 11) is 0. The zero-order chi connectivity index (χ0) is 16.2. The molecule has 3 heterocycles. The number of hydrogen-bond donors (Lipinski definition) is 0. The molecular formula is C18H19N3O2S. The lowest BCUT2D eigenvalue weighted by molar-refractivity contribution is 0.0315. The smallest absolute Gasteiger partial charge is 0.205 e. The number of thioether (sulfide) groups is 1. The number of ether oxygens (including phenoxy) is 1. The van der Waals surface area contributed by atoms with Gasteiger partial charge in [-0.1, -0.05) is 30.0 Å². The van der Waals surface area contributed by atoms with E-state index in [-0.39, 0.29) is 0 Å². The summed E-state index contributed by atoms with van der Waals surface area (Å²) in [5, 5.41) is 9.61. The van der Waals surface area contributed by atoms with Gasteiger partial charge >= 0.3 is 0 Å². The summed E-state index contributed by atoms with van der Waals surface area (Å²) >= 11 is 1.69. The van der Waals surface area contributed by atoms with Gasteiger partial charge in [-0.2, -0.15) is 0 Å². The van der Waals surface area contributed by atoms with Gasteiger partial charge in [-0.15, -0.1) is 10.2 Å². The summed E-state index contributed by atoms with van der Waals surface area (Å²) in [5.74, 6) is 2.33. The molecule has 0 bridgehead atoms. The molecule has 1 atom stereocenters. The van der Waals surface area contributed by atoms with Crippen LogP contribution in [0.4, 0.5) is 0 Å². The highest BCUT2D eigenvalue weighted by molar-refractivity contribution is 7.99. The third kappa shape index (κ3) is 3.25. The predicted octanol–water partition coefficient (Wildman–Crippen LogP) is 4.19. The molecule has 0 amide bonds. The molecule has 24 heavy (non-hydrogen) atoms. The van der Waals surface area contributed by atoms with Gasteiger partial charge < -0.3 is 9.15 Å². The molecule has 3 aromatic rings. The zero-order valence-electron chi connectivity index (χ0n) is 13.3. The summed E-state index contributed by atoms with van der Waals surface area (Å²) in [6, 6.07) is 13.9. The van der Waals surface area contributed by atoms with E-state index in [1.165, 1.54) is 12.8 Å². The minimum absolute atomic E-state index is 0.303. The van der Waals surface area contributed by atoms with Crippen LogP contribution in [0.5, 0.6) is 0 Å². The Hall–Kier alpha value is -2.05. The molecule has 0 N–H and O–H groups in total. The van der Waals surface area contributed by atoms with Gasteiger partial charge in [0, 0.05) is 18.0 Å². The van der Waals surface area contributed by atoms with Gasteiger partial charge in [0.25, 0.3) is 0 Å². The van der Waals surface area contributed by atoms with Gasteiger partial charge in [-0.25, -0.2) is 0 Å². The summed E-state index contributed by atoms with van der Waals surface area (Å²) < 4.78 is 13.4. The lowest BCUT2D eigenvalue weighted by Crippen LogP contribution is -2.21. The summed E-state index contributed by atoms with van der Waals surface area (Å²) in [4.78, 5) is 0. The second-order valence-electron chi connectivity index (χ2n) is 5.75. The minimum Gasteiger partial charge on any atom is -0.461 e. The van der Waals surface area contributed by atoms with E-state index in [1.807, 2.05) is 34.9 Å². The van der Waals surface area contributed by atoms with E-state index >= 15 is 0 Å². The van der Waals surface area contributed by atoms with Crippen molar-refractivity contribution in [2.24, 2.45) is 0 Å². The van der Waals surface area contributed by atoms with E-state index in [2.05, 4.69) is 22.3 Å². The van der Waals surface area contributed by atoms with Crippen molar-refractivity contribution in [1.82, 2.24) is 14.8 Å². The predicted molar refractivity (Wildman–Crippen MR) is 93.4 cm³/mol. The average Bonchev–Trinajstić information content (AvgIpc) is 3.31. The molecule has 0 radical (unpaired) electrons. The van der Waals surface area contributed by atoms with Crippen molar-refractivity contribution >= 4 is 11.8 Å². The molecule has 2 aromatic heterocycles. The Labute approximate surface area is 145 Å². The van der Waals surface area contributed by atoms with Gasteiger partial charge in [-0.3, -0.25) is 4.57 Å². The van der Waals surface area contributed by atoms with Crippen LogP contribution < -0.4 is 0 Å². The Morgan fingerprint density at radius 1 is 1.08 bits per heavy atom. The van der Waals surface area contributed by atoms with Crippen molar-refractivity contribution in [3.05, 3.63) is 48.7 Å². The molecular weight excluding hydrogens is 322 g/mol. The number of aromatic nitrogens is 3. The highest BCUT2D eigenvalue weighted by Gasteiger charge is 2.20. The fourth-order valence-corrected chi connectivity index (χ4v) is 3.86. The van der Waals surface area contributed by atoms with Crippen molar-refractivity contribution in [1.29, 1.82) is 0 Å². The number of benzene rings is 1. The molecule has 1 aromatic carbocycles. The Bertz CT molecular complexity index is 765. The first-order valence-electron chi connectivity index (χ1n) is 8.21. The van der Waals surface area contributed by atoms with Crippen LogP contribution in [0.25, 0.3) is 17.3 Å². The SMILES string of the molecule is c1ccc(-n2c(SC[C@H]3CCCCO3)nnc2-c2ccco2)cc1. The van der Waals surface area contributed by atoms with Gasteiger partial charge in [0.15, 0.2) is 10.9 Å². The Balaban J connectivity index is 1.64. The monoisotopic (exact) mass is 341 g/mol. The summed E-state index contributed by atoms with van der Waals surface area (Å²) in [6.45, 7) is 0.869. The molecule has 124 valence electrons. The normalized spacial score (nSPS) is 17.9. The molecule has 1 aliphatic rings. The van der Waals surface area contributed by atoms with Crippen molar-refractivity contribution in [2.45, 2.75) is 30.5 Å². The molecule has 4 rings (SSSR count). The number of para-hydroxylation sites is 1. The van der Waals surface area contributed by atoms with E-state index in [4.69, 9.17) is 9.15 Å². The van der Waals surface area contributed by atoms with E-state index < -0.39 is 0 Å². The largest absolute Gasteiger partial charge is 0.461 e. The van der Waals surface area contributed by atoms with Crippen molar-refractivity contribution in [3.63, 3.8) is 0 Å². The maximum absolute atomic E-state index is 5.83. The van der Waals surface area contributed by atoms with Crippen molar-refractivity contribution in [3.8, 4) is 17.3 Å². The fourth-order valence-electron chi connectivity index (χ4n) is 2.84. The van der Waals surface area contributed by atoms with Gasteiger partial charge in [-0.05, 0) is 43.5 Å². The maximum atomic E-state index is 5.83. The van der Waals surface area contributed by atoms with Gasteiger partial charge in [0.1, 0.15) is 0 Å².